The van der Waals surface area contributed by atoms with E-state index in [0.29, 0.717) is 28.3 Å². The normalized spacial score (nSPS) is 10.9. The van der Waals surface area contributed by atoms with Crippen LogP contribution in [0.4, 0.5) is 5.13 Å². The number of nitrogens with zero attached hydrogens (tertiary/aromatic N) is 2. The summed E-state index contributed by atoms with van der Waals surface area (Å²) < 4.78 is 1.47. The number of carbonyl (C=O) groups is 2. The van der Waals surface area contributed by atoms with Crippen molar-refractivity contribution in [2.45, 2.75) is 19.8 Å². The van der Waals surface area contributed by atoms with Crippen LogP contribution in [0.2, 0.25) is 0 Å². The Balaban J connectivity index is 1.40. The number of aryl methyl sites for hydroxylation is 2. The molecule has 2 aromatic heterocycles. The van der Waals surface area contributed by atoms with Gasteiger partial charge in [0, 0.05) is 37.0 Å². The Kier molecular flexibility index (Phi) is 6.18. The first-order valence-corrected chi connectivity index (χ1v) is 11.1. The molecule has 0 saturated heterocycles. The van der Waals surface area contributed by atoms with Gasteiger partial charge in [-0.1, -0.05) is 24.3 Å². The van der Waals surface area contributed by atoms with Crippen molar-refractivity contribution in [1.82, 2.24) is 19.9 Å². The molecule has 4 rings (SSSR count). The highest BCUT2D eigenvalue weighted by atomic mass is 32.1. The Hall–Kier alpha value is -3.72. The van der Waals surface area contributed by atoms with Crippen molar-refractivity contribution in [3.8, 4) is 11.3 Å². The molecule has 0 fully saturated rings. The van der Waals surface area contributed by atoms with Gasteiger partial charge >= 0.3 is 5.69 Å². The zero-order valence-electron chi connectivity index (χ0n) is 17.8. The van der Waals surface area contributed by atoms with Gasteiger partial charge in [-0.3, -0.25) is 19.5 Å². The zero-order chi connectivity index (χ0) is 22.7. The average Bonchev–Trinajstić information content (AvgIpc) is 3.35. The number of aromatic nitrogens is 3. The van der Waals surface area contributed by atoms with Crippen LogP contribution < -0.4 is 16.3 Å². The van der Waals surface area contributed by atoms with Gasteiger partial charge in [-0.15, -0.1) is 11.3 Å². The topological polar surface area (TPSA) is 109 Å². The largest absolute Gasteiger partial charge is 0.356 e. The molecule has 164 valence electrons. The fraction of sp³-hybridized carbons (Fsp3) is 0.217. The molecule has 8 nitrogen and oxygen atoms in total. The van der Waals surface area contributed by atoms with E-state index in [1.807, 2.05) is 17.5 Å². The number of benzene rings is 2. The summed E-state index contributed by atoms with van der Waals surface area (Å²) in [6.45, 7) is 2.18. The minimum Gasteiger partial charge on any atom is -0.356 e. The highest BCUT2D eigenvalue weighted by Crippen LogP contribution is 2.26. The van der Waals surface area contributed by atoms with Gasteiger partial charge in [0.2, 0.25) is 5.91 Å². The summed E-state index contributed by atoms with van der Waals surface area (Å²) in [4.78, 5) is 42.6. The number of H-pyrrole nitrogens is 1. The minimum absolute atomic E-state index is 0.0117. The molecular formula is C23H23N5O3S. The molecule has 0 radical (unpaired) electrons. The second-order valence-corrected chi connectivity index (χ2v) is 8.35. The molecule has 2 heterocycles. The van der Waals surface area contributed by atoms with Crippen molar-refractivity contribution in [2.75, 3.05) is 11.9 Å². The predicted octanol–water partition coefficient (Wildman–Crippen LogP) is 3.31. The lowest BCUT2D eigenvalue weighted by Crippen LogP contribution is -2.21. The Morgan fingerprint density at radius 2 is 1.94 bits per heavy atom. The molecule has 0 bridgehead atoms. The summed E-state index contributed by atoms with van der Waals surface area (Å²) in [5.74, 6) is -0.293. The molecule has 4 aromatic rings. The number of carbonyl (C=O) groups excluding carboxylic acids is 2. The van der Waals surface area contributed by atoms with Crippen molar-refractivity contribution in [3.05, 3.63) is 69.5 Å². The molecule has 9 heteroatoms. The van der Waals surface area contributed by atoms with Crippen LogP contribution >= 0.6 is 11.3 Å². The Labute approximate surface area is 188 Å². The van der Waals surface area contributed by atoms with E-state index in [4.69, 9.17) is 0 Å². The molecule has 0 atom stereocenters. The van der Waals surface area contributed by atoms with Crippen LogP contribution in [0.25, 0.3) is 22.3 Å². The van der Waals surface area contributed by atoms with Gasteiger partial charge in [-0.05, 0) is 36.6 Å². The third-order valence-electron chi connectivity index (χ3n) is 5.16. The first-order valence-electron chi connectivity index (χ1n) is 10.2. The van der Waals surface area contributed by atoms with Crippen LogP contribution in [0.15, 0.2) is 52.6 Å². The summed E-state index contributed by atoms with van der Waals surface area (Å²) in [6.07, 6.45) is 1.77. The van der Waals surface area contributed by atoms with Crippen LogP contribution in [0, 0.1) is 0 Å². The second-order valence-electron chi connectivity index (χ2n) is 7.50. The molecule has 0 aliphatic heterocycles. The number of anilines is 1. The molecule has 3 N–H and O–H groups in total. The number of hydrogen-bond acceptors (Lipinski definition) is 5. The van der Waals surface area contributed by atoms with Gasteiger partial charge < -0.3 is 10.3 Å². The fourth-order valence-corrected chi connectivity index (χ4v) is 4.11. The van der Waals surface area contributed by atoms with Crippen LogP contribution in [0.1, 0.15) is 29.3 Å². The number of hydrogen-bond donors (Lipinski definition) is 3. The molecular weight excluding hydrogens is 426 g/mol. The van der Waals surface area contributed by atoms with E-state index in [0.717, 1.165) is 24.1 Å². The molecule has 0 aliphatic rings. The smallest absolute Gasteiger partial charge is 0.326 e. The van der Waals surface area contributed by atoms with E-state index in [1.165, 1.54) is 28.4 Å². The SMILES string of the molecule is CC(=O)NCCCc1ccc(-c2csc(NC(=O)c3ccc4[nH]c(=O)n(C)c4c3)n2)cc1. The monoisotopic (exact) mass is 449 g/mol. The fourth-order valence-electron chi connectivity index (χ4n) is 3.40. The van der Waals surface area contributed by atoms with Gasteiger partial charge in [0.1, 0.15) is 0 Å². The van der Waals surface area contributed by atoms with Crippen LogP contribution in [-0.2, 0) is 18.3 Å². The minimum atomic E-state index is -0.282. The number of thiazole rings is 1. The van der Waals surface area contributed by atoms with Crippen molar-refractivity contribution < 1.29 is 9.59 Å². The first-order chi connectivity index (χ1) is 15.4. The predicted molar refractivity (Wildman–Crippen MR) is 126 cm³/mol. The lowest BCUT2D eigenvalue weighted by Gasteiger charge is -2.04. The van der Waals surface area contributed by atoms with Gasteiger partial charge in [-0.2, -0.15) is 0 Å². The van der Waals surface area contributed by atoms with Crippen LogP contribution in [-0.4, -0.2) is 32.9 Å². The highest BCUT2D eigenvalue weighted by Gasteiger charge is 2.12. The first kappa shape index (κ1) is 21.5. The third kappa shape index (κ3) is 4.78. The Morgan fingerprint density at radius 3 is 2.69 bits per heavy atom. The number of imidazole rings is 1. The number of nitrogens with one attached hydrogen (secondary N) is 3. The van der Waals surface area contributed by atoms with Gasteiger partial charge in [0.05, 0.1) is 16.7 Å². The maximum absolute atomic E-state index is 12.7. The van der Waals surface area contributed by atoms with Crippen molar-refractivity contribution in [3.63, 3.8) is 0 Å². The van der Waals surface area contributed by atoms with E-state index >= 15 is 0 Å². The highest BCUT2D eigenvalue weighted by molar-refractivity contribution is 7.14. The molecule has 0 unspecified atom stereocenters. The number of aromatic amines is 1. The van der Waals surface area contributed by atoms with E-state index < -0.39 is 0 Å². The van der Waals surface area contributed by atoms with Gasteiger partial charge in [-0.25, -0.2) is 9.78 Å². The van der Waals surface area contributed by atoms with E-state index in [2.05, 4.69) is 32.7 Å². The average molecular weight is 450 g/mol. The Morgan fingerprint density at radius 1 is 1.16 bits per heavy atom. The zero-order valence-corrected chi connectivity index (χ0v) is 18.6. The lowest BCUT2D eigenvalue weighted by molar-refractivity contribution is -0.118. The summed E-state index contributed by atoms with van der Waals surface area (Å²) >= 11 is 1.36. The van der Waals surface area contributed by atoms with E-state index in [9.17, 15) is 14.4 Å². The van der Waals surface area contributed by atoms with Gasteiger partial charge in [0.15, 0.2) is 5.13 Å². The van der Waals surface area contributed by atoms with E-state index in [-0.39, 0.29) is 17.5 Å². The van der Waals surface area contributed by atoms with Gasteiger partial charge in [0.25, 0.3) is 5.91 Å². The quantitative estimate of drug-likeness (QED) is 0.376. The summed E-state index contributed by atoms with van der Waals surface area (Å²) in [6, 6.07) is 13.2. The molecule has 2 amide bonds. The Bertz CT molecular complexity index is 1330. The van der Waals surface area contributed by atoms with Crippen molar-refractivity contribution >= 4 is 39.3 Å². The summed E-state index contributed by atoms with van der Waals surface area (Å²) in [7, 11) is 1.66. The molecule has 0 saturated carbocycles. The maximum Gasteiger partial charge on any atom is 0.326 e. The van der Waals surface area contributed by atoms with Crippen LogP contribution in [0.5, 0.6) is 0 Å². The van der Waals surface area contributed by atoms with Crippen molar-refractivity contribution in [1.29, 1.82) is 0 Å². The van der Waals surface area contributed by atoms with Crippen LogP contribution in [0.3, 0.4) is 0 Å². The molecule has 32 heavy (non-hydrogen) atoms. The lowest BCUT2D eigenvalue weighted by atomic mass is 10.1. The van der Waals surface area contributed by atoms with E-state index in [1.54, 1.807) is 25.2 Å². The third-order valence-corrected chi connectivity index (χ3v) is 5.92. The maximum atomic E-state index is 12.7. The number of amides is 2. The summed E-state index contributed by atoms with van der Waals surface area (Å²) in [5, 5.41) is 8.04. The number of rotatable bonds is 7. The summed E-state index contributed by atoms with van der Waals surface area (Å²) in [5.41, 5.74) is 4.53. The standard InChI is InChI=1S/C23H23N5O3S/c1-14(29)24-11-3-4-15-5-7-16(8-6-15)19-13-32-22(25-19)27-21(30)17-9-10-18-20(12-17)28(2)23(31)26-18/h5-10,12-13H,3-4,11H2,1-2H3,(H,24,29)(H,26,31)(H,25,27,30). The molecule has 2 aromatic carbocycles. The van der Waals surface area contributed by atoms with Crippen molar-refractivity contribution in [2.24, 2.45) is 7.05 Å². The second kappa shape index (κ2) is 9.19. The number of fused-ring (bicyclic) bond motifs is 1. The molecule has 0 spiro atoms. The molecule has 0 aliphatic carbocycles.